The second-order valence-corrected chi connectivity index (χ2v) is 9.98. The average Bonchev–Trinajstić information content (AvgIpc) is 3.13. The molecule has 1 saturated heterocycles. The molecule has 0 atom stereocenters. The number of ether oxygens (including phenoxy) is 3. The van der Waals surface area contributed by atoms with Gasteiger partial charge in [0.25, 0.3) is 11.1 Å². The van der Waals surface area contributed by atoms with E-state index in [2.05, 4.69) is 0 Å². The number of benzene rings is 3. The Hall–Kier alpha value is -3.13. The molecule has 0 spiro atoms. The van der Waals surface area contributed by atoms with Crippen LogP contribution in [0.1, 0.15) is 23.6 Å². The summed E-state index contributed by atoms with van der Waals surface area (Å²) in [5, 5.41) is 0.613. The van der Waals surface area contributed by atoms with Crippen molar-refractivity contribution in [2.45, 2.75) is 20.5 Å². The van der Waals surface area contributed by atoms with Crippen molar-refractivity contribution < 1.29 is 23.8 Å². The van der Waals surface area contributed by atoms with Gasteiger partial charge < -0.3 is 14.2 Å². The molecule has 0 radical (unpaired) electrons. The summed E-state index contributed by atoms with van der Waals surface area (Å²) in [6.07, 6.45) is 1.68. The van der Waals surface area contributed by atoms with Gasteiger partial charge in [-0.3, -0.25) is 14.5 Å². The largest absolute Gasteiger partial charge is 0.492 e. The summed E-state index contributed by atoms with van der Waals surface area (Å²) in [5.41, 5.74) is 2.65. The minimum absolute atomic E-state index is 0.168. The Bertz CT molecular complexity index is 1340. The Balaban J connectivity index is 1.42. The van der Waals surface area contributed by atoms with Crippen molar-refractivity contribution in [3.63, 3.8) is 0 Å². The van der Waals surface area contributed by atoms with Crippen LogP contribution in [0.4, 0.5) is 4.79 Å². The van der Waals surface area contributed by atoms with Crippen molar-refractivity contribution in [3.8, 4) is 17.2 Å². The predicted octanol–water partition coefficient (Wildman–Crippen LogP) is 7.39. The van der Waals surface area contributed by atoms with Gasteiger partial charge >= 0.3 is 0 Å². The van der Waals surface area contributed by atoms with Crippen LogP contribution < -0.4 is 14.2 Å². The van der Waals surface area contributed by atoms with Crippen LogP contribution in [0.2, 0.25) is 10.0 Å². The maximum atomic E-state index is 12.9. The molecule has 1 fully saturated rings. The fourth-order valence-corrected chi connectivity index (χ4v) is 4.78. The summed E-state index contributed by atoms with van der Waals surface area (Å²) >= 11 is 13.0. The number of hydrogen-bond donors (Lipinski definition) is 0. The van der Waals surface area contributed by atoms with Crippen molar-refractivity contribution in [2.75, 3.05) is 19.8 Å². The second-order valence-electron chi connectivity index (χ2n) is 8.17. The summed E-state index contributed by atoms with van der Waals surface area (Å²) in [6, 6.07) is 18.3. The molecule has 1 heterocycles. The van der Waals surface area contributed by atoms with E-state index in [0.717, 1.165) is 22.9 Å². The van der Waals surface area contributed by atoms with Crippen LogP contribution in [0.3, 0.4) is 0 Å². The monoisotopic (exact) mass is 557 g/mol. The standard InChI is InChI=1S/C28H25Cl2NO5S/c1-3-34-25-15-19(8-10-24(25)36-17-20-7-9-22(29)23(30)14-20)16-26-27(32)31(28(33)37-26)11-12-35-21-6-4-5-18(2)13-21/h4-10,13-16H,3,11-12,17H2,1-2H3/b26-16-. The molecule has 1 aliphatic heterocycles. The van der Waals surface area contributed by atoms with Gasteiger partial charge in [-0.15, -0.1) is 0 Å². The molecule has 3 aromatic rings. The van der Waals surface area contributed by atoms with Crippen molar-refractivity contribution in [1.82, 2.24) is 4.90 Å². The van der Waals surface area contributed by atoms with E-state index in [9.17, 15) is 9.59 Å². The van der Waals surface area contributed by atoms with Crippen LogP contribution in [0.5, 0.6) is 17.2 Å². The van der Waals surface area contributed by atoms with Crippen molar-refractivity contribution in [1.29, 1.82) is 0 Å². The predicted molar refractivity (Wildman–Crippen MR) is 148 cm³/mol. The van der Waals surface area contributed by atoms with Crippen LogP contribution in [-0.2, 0) is 11.4 Å². The minimum Gasteiger partial charge on any atom is -0.492 e. The fourth-order valence-electron chi connectivity index (χ4n) is 3.60. The van der Waals surface area contributed by atoms with Gasteiger partial charge in [0.1, 0.15) is 19.0 Å². The third-order valence-electron chi connectivity index (χ3n) is 5.39. The molecule has 1 aliphatic rings. The normalized spacial score (nSPS) is 14.4. The van der Waals surface area contributed by atoms with Gasteiger partial charge in [0.2, 0.25) is 0 Å². The summed E-state index contributed by atoms with van der Waals surface area (Å²) < 4.78 is 17.4. The number of carbonyl (C=O) groups excluding carboxylic acids is 2. The van der Waals surface area contributed by atoms with E-state index in [1.807, 2.05) is 50.2 Å². The molecule has 6 nitrogen and oxygen atoms in total. The maximum absolute atomic E-state index is 12.9. The zero-order valence-corrected chi connectivity index (χ0v) is 22.7. The van der Waals surface area contributed by atoms with E-state index in [1.54, 1.807) is 30.3 Å². The molecular formula is C28H25Cl2NO5S. The highest BCUT2D eigenvalue weighted by atomic mass is 35.5. The number of halogens is 2. The molecular weight excluding hydrogens is 533 g/mol. The number of amides is 2. The van der Waals surface area contributed by atoms with Crippen molar-refractivity contribution >= 4 is 52.2 Å². The molecule has 0 N–H and O–H groups in total. The first kappa shape index (κ1) is 26.9. The smallest absolute Gasteiger partial charge is 0.293 e. The van der Waals surface area contributed by atoms with E-state index < -0.39 is 0 Å². The summed E-state index contributed by atoms with van der Waals surface area (Å²) in [7, 11) is 0. The molecule has 192 valence electrons. The highest BCUT2D eigenvalue weighted by Crippen LogP contribution is 2.35. The summed E-state index contributed by atoms with van der Waals surface area (Å²) in [5.74, 6) is 1.43. The van der Waals surface area contributed by atoms with Crippen LogP contribution in [0.15, 0.2) is 65.6 Å². The van der Waals surface area contributed by atoms with Crippen molar-refractivity contribution in [2.24, 2.45) is 0 Å². The van der Waals surface area contributed by atoms with E-state index in [-0.39, 0.29) is 30.9 Å². The third kappa shape index (κ3) is 7.01. The Morgan fingerprint density at radius 1 is 0.919 bits per heavy atom. The quantitative estimate of drug-likeness (QED) is 0.242. The topological polar surface area (TPSA) is 65.1 Å². The average molecular weight is 558 g/mol. The Morgan fingerprint density at radius 2 is 1.76 bits per heavy atom. The van der Waals surface area contributed by atoms with Crippen LogP contribution >= 0.6 is 35.0 Å². The lowest BCUT2D eigenvalue weighted by Crippen LogP contribution is -2.32. The zero-order chi connectivity index (χ0) is 26.4. The van der Waals surface area contributed by atoms with E-state index >= 15 is 0 Å². The van der Waals surface area contributed by atoms with Gasteiger partial charge in [-0.25, -0.2) is 0 Å². The number of rotatable bonds is 10. The number of imide groups is 1. The first-order valence-electron chi connectivity index (χ1n) is 11.6. The first-order chi connectivity index (χ1) is 17.8. The van der Waals surface area contributed by atoms with Gasteiger partial charge in [0.05, 0.1) is 28.1 Å². The second kappa shape index (κ2) is 12.4. The molecule has 4 rings (SSSR count). The highest BCUT2D eigenvalue weighted by molar-refractivity contribution is 8.18. The Labute approximate surface area is 230 Å². The number of hydrogen-bond acceptors (Lipinski definition) is 6. The summed E-state index contributed by atoms with van der Waals surface area (Å²) in [4.78, 5) is 26.9. The molecule has 3 aromatic carbocycles. The first-order valence-corrected chi connectivity index (χ1v) is 13.2. The number of carbonyl (C=O) groups is 2. The van der Waals surface area contributed by atoms with Gasteiger partial charge in [0, 0.05) is 0 Å². The molecule has 0 aliphatic carbocycles. The van der Waals surface area contributed by atoms with Gasteiger partial charge in [-0.2, -0.15) is 0 Å². The SMILES string of the molecule is CCOc1cc(/C=C2\SC(=O)N(CCOc3cccc(C)c3)C2=O)ccc1OCc1ccc(Cl)c(Cl)c1. The van der Waals surface area contributed by atoms with Gasteiger partial charge in [0.15, 0.2) is 11.5 Å². The number of aryl methyl sites for hydroxylation is 1. The lowest BCUT2D eigenvalue weighted by Gasteiger charge is -2.14. The molecule has 2 amide bonds. The lowest BCUT2D eigenvalue weighted by molar-refractivity contribution is -0.123. The van der Waals surface area contributed by atoms with E-state index in [0.29, 0.717) is 44.4 Å². The van der Waals surface area contributed by atoms with Crippen molar-refractivity contribution in [3.05, 3.63) is 92.3 Å². The van der Waals surface area contributed by atoms with E-state index in [1.165, 1.54) is 4.90 Å². The molecule has 0 bridgehead atoms. The molecule has 0 unspecified atom stereocenters. The summed E-state index contributed by atoms with van der Waals surface area (Å²) in [6.45, 7) is 4.94. The van der Waals surface area contributed by atoms with Crippen LogP contribution in [-0.4, -0.2) is 35.8 Å². The van der Waals surface area contributed by atoms with Crippen LogP contribution in [0, 0.1) is 6.92 Å². The Kier molecular flexibility index (Phi) is 9.03. The zero-order valence-electron chi connectivity index (χ0n) is 20.3. The molecule has 37 heavy (non-hydrogen) atoms. The Morgan fingerprint density at radius 3 is 2.51 bits per heavy atom. The molecule has 0 aromatic heterocycles. The fraction of sp³-hybridized carbons (Fsp3) is 0.214. The molecule has 9 heteroatoms. The minimum atomic E-state index is -0.347. The van der Waals surface area contributed by atoms with Gasteiger partial charge in [-0.05, 0) is 84.8 Å². The number of thioether (sulfide) groups is 1. The van der Waals surface area contributed by atoms with E-state index in [4.69, 9.17) is 37.4 Å². The van der Waals surface area contributed by atoms with Crippen LogP contribution in [0.25, 0.3) is 6.08 Å². The maximum Gasteiger partial charge on any atom is 0.293 e. The lowest BCUT2D eigenvalue weighted by atomic mass is 10.1. The highest BCUT2D eigenvalue weighted by Gasteiger charge is 2.34. The van der Waals surface area contributed by atoms with Gasteiger partial charge in [-0.1, -0.05) is 47.5 Å². The number of nitrogens with zero attached hydrogens (tertiary/aromatic N) is 1. The third-order valence-corrected chi connectivity index (χ3v) is 7.04. The molecule has 0 saturated carbocycles.